The molecule has 0 spiro atoms. The van der Waals surface area contributed by atoms with Crippen LogP contribution in [0.25, 0.3) is 0 Å². The first-order valence-corrected chi connectivity index (χ1v) is 9.24. The molecule has 0 bridgehead atoms. The first-order chi connectivity index (χ1) is 12.7. The normalized spacial score (nSPS) is 11.8. The SMILES string of the molecule is CCCCCOCC(C)OC(=O)c1ccc(OCc2ccccc2)cc1. The van der Waals surface area contributed by atoms with Crippen LogP contribution in [0.3, 0.4) is 0 Å². The summed E-state index contributed by atoms with van der Waals surface area (Å²) in [7, 11) is 0. The molecule has 2 aromatic rings. The van der Waals surface area contributed by atoms with E-state index < -0.39 is 0 Å². The minimum atomic E-state index is -0.343. The third kappa shape index (κ3) is 7.28. The van der Waals surface area contributed by atoms with Gasteiger partial charge in [0, 0.05) is 6.61 Å². The lowest BCUT2D eigenvalue weighted by Gasteiger charge is -2.14. The Hall–Kier alpha value is -2.33. The van der Waals surface area contributed by atoms with Crippen LogP contribution < -0.4 is 4.74 Å². The smallest absolute Gasteiger partial charge is 0.338 e. The molecule has 0 aliphatic heterocycles. The zero-order valence-corrected chi connectivity index (χ0v) is 15.6. The molecule has 0 saturated heterocycles. The topological polar surface area (TPSA) is 44.8 Å². The Balaban J connectivity index is 1.73. The van der Waals surface area contributed by atoms with Crippen LogP contribution in [0.5, 0.6) is 5.75 Å². The summed E-state index contributed by atoms with van der Waals surface area (Å²) in [5, 5.41) is 0. The third-order valence-electron chi connectivity index (χ3n) is 3.89. The van der Waals surface area contributed by atoms with Gasteiger partial charge in [-0.05, 0) is 43.2 Å². The second-order valence-corrected chi connectivity index (χ2v) is 6.30. The predicted octanol–water partition coefficient (Wildman–Crippen LogP) is 5.02. The fraction of sp³-hybridized carbons (Fsp3) is 0.409. The molecule has 26 heavy (non-hydrogen) atoms. The average molecular weight is 356 g/mol. The van der Waals surface area contributed by atoms with Gasteiger partial charge in [0.2, 0.25) is 0 Å². The van der Waals surface area contributed by atoms with Crippen molar-refractivity contribution in [3.05, 3.63) is 65.7 Å². The lowest BCUT2D eigenvalue weighted by atomic mass is 10.2. The van der Waals surface area contributed by atoms with E-state index in [1.54, 1.807) is 24.3 Å². The number of unbranched alkanes of at least 4 members (excludes halogenated alkanes) is 2. The van der Waals surface area contributed by atoms with Gasteiger partial charge in [0.05, 0.1) is 12.2 Å². The highest BCUT2D eigenvalue weighted by Gasteiger charge is 2.12. The molecule has 0 aliphatic rings. The lowest BCUT2D eigenvalue weighted by molar-refractivity contribution is 0.00156. The Labute approximate surface area is 156 Å². The van der Waals surface area contributed by atoms with Crippen LogP contribution in [0, 0.1) is 0 Å². The van der Waals surface area contributed by atoms with Gasteiger partial charge in [-0.25, -0.2) is 4.79 Å². The number of esters is 1. The number of hydrogen-bond acceptors (Lipinski definition) is 4. The maximum absolute atomic E-state index is 12.2. The summed E-state index contributed by atoms with van der Waals surface area (Å²) in [6.45, 7) is 5.63. The highest BCUT2D eigenvalue weighted by atomic mass is 16.6. The highest BCUT2D eigenvalue weighted by molar-refractivity contribution is 5.89. The second kappa shape index (κ2) is 11.3. The first-order valence-electron chi connectivity index (χ1n) is 9.24. The summed E-state index contributed by atoms with van der Waals surface area (Å²) < 4.78 is 16.7. The molecule has 0 heterocycles. The zero-order chi connectivity index (χ0) is 18.6. The number of carbonyl (C=O) groups is 1. The van der Waals surface area contributed by atoms with E-state index in [-0.39, 0.29) is 12.1 Å². The van der Waals surface area contributed by atoms with Crippen molar-refractivity contribution in [1.29, 1.82) is 0 Å². The Bertz CT molecular complexity index is 637. The van der Waals surface area contributed by atoms with Gasteiger partial charge in [0.15, 0.2) is 0 Å². The Morgan fingerprint density at radius 1 is 1.00 bits per heavy atom. The van der Waals surface area contributed by atoms with Crippen molar-refractivity contribution >= 4 is 5.97 Å². The Kier molecular flexibility index (Phi) is 8.70. The van der Waals surface area contributed by atoms with Crippen LogP contribution in [0.2, 0.25) is 0 Å². The lowest BCUT2D eigenvalue weighted by Crippen LogP contribution is -2.20. The van der Waals surface area contributed by atoms with Crippen molar-refractivity contribution in [2.24, 2.45) is 0 Å². The molecule has 0 fully saturated rings. The van der Waals surface area contributed by atoms with E-state index in [4.69, 9.17) is 14.2 Å². The highest BCUT2D eigenvalue weighted by Crippen LogP contribution is 2.15. The minimum absolute atomic E-state index is 0.266. The number of ether oxygens (including phenoxy) is 3. The maximum Gasteiger partial charge on any atom is 0.338 e. The van der Waals surface area contributed by atoms with Crippen LogP contribution in [0.4, 0.5) is 0 Å². The Morgan fingerprint density at radius 2 is 1.73 bits per heavy atom. The quantitative estimate of drug-likeness (QED) is 0.419. The summed E-state index contributed by atoms with van der Waals surface area (Å²) in [5.74, 6) is 0.377. The third-order valence-corrected chi connectivity index (χ3v) is 3.89. The summed E-state index contributed by atoms with van der Waals surface area (Å²) in [5.41, 5.74) is 1.61. The zero-order valence-electron chi connectivity index (χ0n) is 15.6. The first kappa shape index (κ1) is 20.0. The van der Waals surface area contributed by atoms with Crippen molar-refractivity contribution in [3.8, 4) is 5.75 Å². The van der Waals surface area contributed by atoms with Crippen molar-refractivity contribution in [2.45, 2.75) is 45.8 Å². The Morgan fingerprint density at radius 3 is 2.42 bits per heavy atom. The summed E-state index contributed by atoms with van der Waals surface area (Å²) >= 11 is 0. The van der Waals surface area contributed by atoms with Crippen molar-refractivity contribution in [3.63, 3.8) is 0 Å². The van der Waals surface area contributed by atoms with Gasteiger partial charge in [-0.2, -0.15) is 0 Å². The monoisotopic (exact) mass is 356 g/mol. The van der Waals surface area contributed by atoms with Gasteiger partial charge in [-0.1, -0.05) is 50.1 Å². The van der Waals surface area contributed by atoms with Crippen molar-refractivity contribution in [2.75, 3.05) is 13.2 Å². The van der Waals surface area contributed by atoms with E-state index in [0.29, 0.717) is 25.4 Å². The van der Waals surface area contributed by atoms with Gasteiger partial charge in [-0.15, -0.1) is 0 Å². The van der Waals surface area contributed by atoms with Crippen LogP contribution >= 0.6 is 0 Å². The second-order valence-electron chi connectivity index (χ2n) is 6.30. The largest absolute Gasteiger partial charge is 0.489 e. The van der Waals surface area contributed by atoms with Gasteiger partial charge in [0.1, 0.15) is 18.5 Å². The number of rotatable bonds is 11. The molecule has 0 N–H and O–H groups in total. The molecule has 4 heteroatoms. The molecule has 0 aliphatic carbocycles. The predicted molar refractivity (Wildman–Crippen MR) is 102 cm³/mol. The molecule has 2 rings (SSSR count). The van der Waals surface area contributed by atoms with E-state index in [0.717, 1.165) is 24.2 Å². The average Bonchev–Trinajstić information content (AvgIpc) is 2.67. The van der Waals surface area contributed by atoms with E-state index in [9.17, 15) is 4.79 Å². The van der Waals surface area contributed by atoms with Crippen LogP contribution in [0.1, 0.15) is 49.0 Å². The van der Waals surface area contributed by atoms with Crippen LogP contribution in [-0.2, 0) is 16.1 Å². The molecule has 2 aromatic carbocycles. The van der Waals surface area contributed by atoms with Crippen molar-refractivity contribution < 1.29 is 19.0 Å². The molecule has 0 radical (unpaired) electrons. The number of carbonyl (C=O) groups excluding carboxylic acids is 1. The number of benzene rings is 2. The fourth-order valence-electron chi connectivity index (χ4n) is 2.42. The van der Waals surface area contributed by atoms with Gasteiger partial charge < -0.3 is 14.2 Å². The summed E-state index contributed by atoms with van der Waals surface area (Å²) in [6, 6.07) is 17.0. The standard InChI is InChI=1S/C22H28O4/c1-3-4-8-15-24-16-18(2)26-22(23)20-11-13-21(14-12-20)25-17-19-9-6-5-7-10-19/h5-7,9-14,18H,3-4,8,15-17H2,1-2H3. The van der Waals surface area contributed by atoms with Gasteiger partial charge in [-0.3, -0.25) is 0 Å². The molecule has 0 saturated carbocycles. The van der Waals surface area contributed by atoms with Crippen LogP contribution in [-0.4, -0.2) is 25.3 Å². The molecule has 140 valence electrons. The van der Waals surface area contributed by atoms with Gasteiger partial charge in [0.25, 0.3) is 0 Å². The molecule has 0 aromatic heterocycles. The van der Waals surface area contributed by atoms with E-state index in [1.807, 2.05) is 37.3 Å². The van der Waals surface area contributed by atoms with Crippen LogP contribution in [0.15, 0.2) is 54.6 Å². The molecule has 0 amide bonds. The molecule has 1 atom stereocenters. The minimum Gasteiger partial charge on any atom is -0.489 e. The number of hydrogen-bond donors (Lipinski definition) is 0. The molecular weight excluding hydrogens is 328 g/mol. The molecule has 4 nitrogen and oxygen atoms in total. The van der Waals surface area contributed by atoms with Crippen molar-refractivity contribution in [1.82, 2.24) is 0 Å². The van der Waals surface area contributed by atoms with Gasteiger partial charge >= 0.3 is 5.97 Å². The molecular formula is C22H28O4. The fourth-order valence-corrected chi connectivity index (χ4v) is 2.42. The maximum atomic E-state index is 12.2. The van der Waals surface area contributed by atoms with E-state index in [2.05, 4.69) is 6.92 Å². The van der Waals surface area contributed by atoms with E-state index >= 15 is 0 Å². The molecule has 1 unspecified atom stereocenters. The summed E-state index contributed by atoms with van der Waals surface area (Å²) in [6.07, 6.45) is 3.10. The van der Waals surface area contributed by atoms with E-state index in [1.165, 1.54) is 6.42 Å². The summed E-state index contributed by atoms with van der Waals surface area (Å²) in [4.78, 5) is 12.2.